The molecule has 1 aliphatic heterocycles. The van der Waals surface area contributed by atoms with Gasteiger partial charge in [-0.3, -0.25) is 9.88 Å². The summed E-state index contributed by atoms with van der Waals surface area (Å²) in [7, 11) is 0. The number of rotatable bonds is 3. The van der Waals surface area contributed by atoms with E-state index in [1.807, 2.05) is 23.2 Å². The van der Waals surface area contributed by atoms with Gasteiger partial charge in [0.1, 0.15) is 5.82 Å². The van der Waals surface area contributed by atoms with Gasteiger partial charge in [0.15, 0.2) is 0 Å². The molecule has 0 aliphatic carbocycles. The van der Waals surface area contributed by atoms with E-state index in [0.717, 1.165) is 25.2 Å². The molecular formula is C17H18F3N7. The molecule has 0 atom stereocenters. The van der Waals surface area contributed by atoms with Crippen LogP contribution in [0.1, 0.15) is 17.1 Å². The number of hydrogen-bond donors (Lipinski definition) is 0. The number of alkyl halides is 3. The first-order chi connectivity index (χ1) is 12.9. The molecule has 0 N–H and O–H groups in total. The molecule has 0 amide bonds. The Labute approximate surface area is 153 Å². The van der Waals surface area contributed by atoms with E-state index in [0.29, 0.717) is 24.6 Å². The molecule has 0 saturated carbocycles. The van der Waals surface area contributed by atoms with Crippen molar-refractivity contribution in [2.24, 2.45) is 0 Å². The molecule has 4 heterocycles. The fourth-order valence-corrected chi connectivity index (χ4v) is 3.20. The lowest BCUT2D eigenvalue weighted by Crippen LogP contribution is -2.46. The highest BCUT2D eigenvalue weighted by molar-refractivity contribution is 5.48. The number of fused-ring (bicyclic) bond motifs is 1. The van der Waals surface area contributed by atoms with E-state index >= 15 is 0 Å². The Morgan fingerprint density at radius 2 is 1.89 bits per heavy atom. The molecule has 0 spiro atoms. The molecule has 3 aromatic rings. The summed E-state index contributed by atoms with van der Waals surface area (Å²) in [5.74, 6) is -0.617. The molecule has 0 radical (unpaired) electrons. The lowest BCUT2D eigenvalue weighted by molar-refractivity contribution is -0.144. The Morgan fingerprint density at radius 3 is 2.56 bits per heavy atom. The van der Waals surface area contributed by atoms with E-state index in [2.05, 4.69) is 25.0 Å². The van der Waals surface area contributed by atoms with Crippen molar-refractivity contribution in [1.82, 2.24) is 29.5 Å². The van der Waals surface area contributed by atoms with Gasteiger partial charge in [-0.15, -0.1) is 5.10 Å². The predicted molar refractivity (Wildman–Crippen MR) is 92.2 cm³/mol. The van der Waals surface area contributed by atoms with E-state index in [4.69, 9.17) is 0 Å². The minimum atomic E-state index is -4.60. The maximum absolute atomic E-state index is 13.0. The van der Waals surface area contributed by atoms with Gasteiger partial charge in [-0.1, -0.05) is 6.07 Å². The Bertz CT molecular complexity index is 931. The second kappa shape index (κ2) is 6.76. The summed E-state index contributed by atoms with van der Waals surface area (Å²) in [5.41, 5.74) is 1.75. The Morgan fingerprint density at radius 1 is 1.11 bits per heavy atom. The number of nitrogens with zero attached hydrogens (tertiary/aromatic N) is 7. The van der Waals surface area contributed by atoms with Crippen LogP contribution in [-0.2, 0) is 12.7 Å². The summed E-state index contributed by atoms with van der Waals surface area (Å²) >= 11 is 0. The number of aryl methyl sites for hydroxylation is 1. The normalized spacial score (nSPS) is 16.2. The number of halogens is 3. The highest BCUT2D eigenvalue weighted by atomic mass is 19.4. The van der Waals surface area contributed by atoms with Crippen LogP contribution in [0.5, 0.6) is 0 Å². The SMILES string of the molecule is Cc1cc(N2CCN(Cc3cccnc3)CC2)n2nc(C(F)(F)F)nc2n1. The minimum absolute atomic E-state index is 0.0323. The van der Waals surface area contributed by atoms with Crippen LogP contribution in [0.15, 0.2) is 30.6 Å². The van der Waals surface area contributed by atoms with Gasteiger partial charge in [0, 0.05) is 56.9 Å². The zero-order chi connectivity index (χ0) is 19.0. The molecule has 142 valence electrons. The largest absolute Gasteiger partial charge is 0.453 e. The molecule has 3 aromatic heterocycles. The number of pyridine rings is 1. The van der Waals surface area contributed by atoms with Gasteiger partial charge < -0.3 is 4.90 Å². The first kappa shape index (κ1) is 17.7. The molecule has 1 aliphatic rings. The highest BCUT2D eigenvalue weighted by Crippen LogP contribution is 2.28. The summed E-state index contributed by atoms with van der Waals surface area (Å²) in [6.07, 6.45) is -1.01. The van der Waals surface area contributed by atoms with Gasteiger partial charge >= 0.3 is 6.18 Å². The first-order valence-corrected chi connectivity index (χ1v) is 8.58. The van der Waals surface area contributed by atoms with Crippen molar-refractivity contribution in [1.29, 1.82) is 0 Å². The van der Waals surface area contributed by atoms with Crippen LogP contribution >= 0.6 is 0 Å². The molecule has 0 unspecified atom stereocenters. The van der Waals surface area contributed by atoms with Crippen LogP contribution in [0.25, 0.3) is 5.78 Å². The van der Waals surface area contributed by atoms with Crippen molar-refractivity contribution >= 4 is 11.6 Å². The van der Waals surface area contributed by atoms with Crippen LogP contribution in [-0.4, -0.2) is 55.6 Å². The Hall–Kier alpha value is -2.75. The maximum atomic E-state index is 13.0. The molecule has 0 aromatic carbocycles. The van der Waals surface area contributed by atoms with Crippen LogP contribution in [0.4, 0.5) is 19.0 Å². The monoisotopic (exact) mass is 377 g/mol. The Kier molecular flexibility index (Phi) is 4.42. The van der Waals surface area contributed by atoms with E-state index in [1.165, 1.54) is 4.52 Å². The van der Waals surface area contributed by atoms with Crippen LogP contribution in [0, 0.1) is 6.92 Å². The standard InChI is InChI=1S/C17H18F3N7/c1-12-9-14(27-16(22-12)23-15(24-27)17(18,19)20)26-7-5-25(6-8-26)11-13-3-2-4-21-10-13/h2-4,9-10H,5-8,11H2,1H3. The van der Waals surface area contributed by atoms with Crippen molar-refractivity contribution in [2.45, 2.75) is 19.6 Å². The van der Waals surface area contributed by atoms with Crippen LogP contribution < -0.4 is 4.90 Å². The predicted octanol–water partition coefficient (Wildman–Crippen LogP) is 2.17. The van der Waals surface area contributed by atoms with Crippen molar-refractivity contribution in [3.63, 3.8) is 0 Å². The summed E-state index contributed by atoms with van der Waals surface area (Å²) in [6.45, 7) is 5.48. The van der Waals surface area contributed by atoms with E-state index in [1.54, 1.807) is 19.2 Å². The third kappa shape index (κ3) is 3.70. The summed E-state index contributed by atoms with van der Waals surface area (Å²) in [5, 5.41) is 3.64. The highest BCUT2D eigenvalue weighted by Gasteiger charge is 2.37. The van der Waals surface area contributed by atoms with Crippen molar-refractivity contribution in [2.75, 3.05) is 31.1 Å². The molecule has 4 rings (SSSR count). The molecule has 7 nitrogen and oxygen atoms in total. The second-order valence-electron chi connectivity index (χ2n) is 6.53. The van der Waals surface area contributed by atoms with Crippen molar-refractivity contribution in [3.8, 4) is 0 Å². The Balaban J connectivity index is 1.54. The lowest BCUT2D eigenvalue weighted by atomic mass is 10.2. The van der Waals surface area contributed by atoms with Gasteiger partial charge in [-0.05, 0) is 18.6 Å². The summed E-state index contributed by atoms with van der Waals surface area (Å²) < 4.78 is 40.1. The van der Waals surface area contributed by atoms with Gasteiger partial charge in [0.05, 0.1) is 0 Å². The summed E-state index contributed by atoms with van der Waals surface area (Å²) in [4.78, 5) is 16.1. The smallest absolute Gasteiger partial charge is 0.354 e. The topological polar surface area (TPSA) is 62.5 Å². The molecule has 27 heavy (non-hydrogen) atoms. The fraction of sp³-hybridized carbons (Fsp3) is 0.412. The van der Waals surface area contributed by atoms with E-state index < -0.39 is 12.0 Å². The second-order valence-corrected chi connectivity index (χ2v) is 6.53. The maximum Gasteiger partial charge on any atom is 0.453 e. The van der Waals surface area contributed by atoms with Gasteiger partial charge in [-0.25, -0.2) is 4.98 Å². The molecule has 10 heteroatoms. The van der Waals surface area contributed by atoms with Crippen molar-refractivity contribution in [3.05, 3.63) is 47.7 Å². The van der Waals surface area contributed by atoms with E-state index in [-0.39, 0.29) is 5.78 Å². The fourth-order valence-electron chi connectivity index (χ4n) is 3.20. The van der Waals surface area contributed by atoms with Gasteiger partial charge in [0.2, 0.25) is 0 Å². The minimum Gasteiger partial charge on any atom is -0.354 e. The first-order valence-electron chi connectivity index (χ1n) is 8.58. The van der Waals surface area contributed by atoms with E-state index in [9.17, 15) is 13.2 Å². The lowest BCUT2D eigenvalue weighted by Gasteiger charge is -2.35. The third-order valence-corrected chi connectivity index (χ3v) is 4.50. The zero-order valence-corrected chi connectivity index (χ0v) is 14.7. The number of anilines is 1. The number of hydrogen-bond acceptors (Lipinski definition) is 6. The van der Waals surface area contributed by atoms with Gasteiger partial charge in [0.25, 0.3) is 11.6 Å². The molecule has 1 fully saturated rings. The summed E-state index contributed by atoms with van der Waals surface area (Å²) in [6, 6.07) is 5.69. The number of piperazine rings is 1. The third-order valence-electron chi connectivity index (χ3n) is 4.50. The molecular weight excluding hydrogens is 359 g/mol. The van der Waals surface area contributed by atoms with Crippen LogP contribution in [0.3, 0.4) is 0 Å². The molecule has 0 bridgehead atoms. The average Bonchev–Trinajstić information content (AvgIpc) is 3.07. The quantitative estimate of drug-likeness (QED) is 0.697. The molecule has 1 saturated heterocycles. The van der Waals surface area contributed by atoms with Gasteiger partial charge in [-0.2, -0.15) is 22.7 Å². The van der Waals surface area contributed by atoms with Crippen molar-refractivity contribution < 1.29 is 13.2 Å². The zero-order valence-electron chi connectivity index (χ0n) is 14.7. The van der Waals surface area contributed by atoms with Crippen LogP contribution in [0.2, 0.25) is 0 Å². The average molecular weight is 377 g/mol. The number of aromatic nitrogens is 5.